The molecule has 1 aliphatic carbocycles. The molecule has 172 valence electrons. The van der Waals surface area contributed by atoms with Gasteiger partial charge in [0.2, 0.25) is 0 Å². The number of aromatic nitrogens is 3. The van der Waals surface area contributed by atoms with Gasteiger partial charge in [0.05, 0.1) is 27.8 Å². The number of amides is 1. The fraction of sp³-hybridized carbons (Fsp3) is 0.348. The van der Waals surface area contributed by atoms with Gasteiger partial charge in [0.15, 0.2) is 0 Å². The van der Waals surface area contributed by atoms with E-state index in [2.05, 4.69) is 15.4 Å². The Morgan fingerprint density at radius 1 is 1.30 bits per heavy atom. The maximum atomic E-state index is 15.6. The highest BCUT2D eigenvalue weighted by Gasteiger charge is 2.48. The smallest absolute Gasteiger partial charge is 0.258 e. The summed E-state index contributed by atoms with van der Waals surface area (Å²) in [4.78, 5) is 18.4. The minimum atomic E-state index is -0.701. The van der Waals surface area contributed by atoms with Gasteiger partial charge in [0, 0.05) is 60.8 Å². The molecule has 1 amide bonds. The van der Waals surface area contributed by atoms with E-state index in [-0.39, 0.29) is 28.3 Å². The Balaban J connectivity index is 1.58. The number of nitrogens with two attached hydrogens (primary N) is 1. The summed E-state index contributed by atoms with van der Waals surface area (Å²) in [5.41, 5.74) is 7.13. The van der Waals surface area contributed by atoms with Crippen LogP contribution in [0, 0.1) is 5.82 Å². The van der Waals surface area contributed by atoms with Gasteiger partial charge in [-0.3, -0.25) is 9.48 Å². The average molecular weight is 489 g/mol. The lowest BCUT2D eigenvalue weighted by atomic mass is 9.80. The van der Waals surface area contributed by atoms with Crippen LogP contribution in [0.1, 0.15) is 41.2 Å². The van der Waals surface area contributed by atoms with Gasteiger partial charge in [-0.2, -0.15) is 5.10 Å². The Labute approximate surface area is 200 Å². The number of nitrogen functional groups attached to an aromatic ring is 1. The Morgan fingerprint density at radius 3 is 2.79 bits per heavy atom. The van der Waals surface area contributed by atoms with Crippen LogP contribution in [0.5, 0.6) is 0 Å². The predicted octanol–water partition coefficient (Wildman–Crippen LogP) is 4.76. The summed E-state index contributed by atoms with van der Waals surface area (Å²) >= 11 is 13.0. The molecule has 2 aromatic heterocycles. The van der Waals surface area contributed by atoms with Gasteiger partial charge in [0.25, 0.3) is 5.91 Å². The maximum Gasteiger partial charge on any atom is 0.258 e. The van der Waals surface area contributed by atoms with Gasteiger partial charge in [-0.1, -0.05) is 23.2 Å². The molecule has 1 aliphatic heterocycles. The number of pyridine rings is 1. The molecule has 0 saturated heterocycles. The number of halogens is 3. The molecule has 1 spiro atoms. The van der Waals surface area contributed by atoms with Crippen LogP contribution in [0.3, 0.4) is 0 Å². The van der Waals surface area contributed by atoms with Gasteiger partial charge >= 0.3 is 0 Å². The molecular formula is C23H23Cl2FN6O. The second-order valence-corrected chi connectivity index (χ2v) is 9.78. The standard InChI is InChI=1S/C23H23Cl2FN6O/c1-31(2)22(33)17-16(27)4-3-14(20(17)26)15-9-28-21-18(19(15)25)23(11-29-21)6-5-13(7-23)32-10-12(24)8-30-32/h3-4,8-10,13H,5-7,11,27H2,1-2H3,(H,28,29)/t13-,23-/m1/s1. The molecule has 0 radical (unpaired) electrons. The van der Waals surface area contributed by atoms with Crippen molar-refractivity contribution in [3.05, 3.63) is 57.7 Å². The number of benzene rings is 1. The molecule has 33 heavy (non-hydrogen) atoms. The van der Waals surface area contributed by atoms with Crippen LogP contribution >= 0.6 is 23.2 Å². The number of anilines is 2. The number of rotatable bonds is 3. The molecule has 5 rings (SSSR count). The first-order valence-corrected chi connectivity index (χ1v) is 11.4. The zero-order valence-electron chi connectivity index (χ0n) is 18.2. The van der Waals surface area contributed by atoms with Crippen molar-refractivity contribution in [2.75, 3.05) is 31.7 Å². The molecule has 3 heterocycles. The summed E-state index contributed by atoms with van der Waals surface area (Å²) in [5, 5.41) is 8.79. The molecular weight excluding hydrogens is 466 g/mol. The summed E-state index contributed by atoms with van der Waals surface area (Å²) in [6.07, 6.45) is 7.62. The lowest BCUT2D eigenvalue weighted by molar-refractivity contribution is 0.0824. The molecule has 2 aliphatic rings. The normalized spacial score (nSPS) is 21.3. The van der Waals surface area contributed by atoms with Crippen molar-refractivity contribution in [1.82, 2.24) is 19.7 Å². The number of hydrogen-bond acceptors (Lipinski definition) is 5. The highest BCUT2D eigenvalue weighted by Crippen LogP contribution is 2.54. The summed E-state index contributed by atoms with van der Waals surface area (Å²) < 4.78 is 17.5. The van der Waals surface area contributed by atoms with Crippen molar-refractivity contribution in [1.29, 1.82) is 0 Å². The van der Waals surface area contributed by atoms with Crippen molar-refractivity contribution in [2.24, 2.45) is 0 Å². The first-order valence-electron chi connectivity index (χ1n) is 10.6. The van der Waals surface area contributed by atoms with E-state index in [9.17, 15) is 4.79 Å². The summed E-state index contributed by atoms with van der Waals surface area (Å²) in [6.45, 7) is 0.693. The number of fused-ring (bicyclic) bond motifs is 2. The molecule has 1 saturated carbocycles. The fourth-order valence-corrected chi connectivity index (χ4v) is 5.69. The zero-order valence-corrected chi connectivity index (χ0v) is 19.7. The maximum absolute atomic E-state index is 15.6. The zero-order chi connectivity index (χ0) is 23.5. The fourth-order valence-electron chi connectivity index (χ4n) is 5.10. The van der Waals surface area contributed by atoms with Crippen LogP contribution in [0.2, 0.25) is 10.0 Å². The number of carbonyl (C=O) groups excluding carboxylic acids is 1. The molecule has 1 fully saturated rings. The van der Waals surface area contributed by atoms with E-state index in [1.54, 1.807) is 32.6 Å². The summed E-state index contributed by atoms with van der Waals surface area (Å²) in [7, 11) is 3.10. The van der Waals surface area contributed by atoms with E-state index in [0.29, 0.717) is 28.0 Å². The van der Waals surface area contributed by atoms with Gasteiger partial charge in [-0.25, -0.2) is 9.37 Å². The lowest BCUT2D eigenvalue weighted by Crippen LogP contribution is -2.26. The van der Waals surface area contributed by atoms with E-state index in [0.717, 1.165) is 24.8 Å². The predicted molar refractivity (Wildman–Crippen MR) is 127 cm³/mol. The second-order valence-electron chi connectivity index (χ2n) is 8.97. The molecule has 0 bridgehead atoms. The molecule has 3 aromatic rings. The average Bonchev–Trinajstić information content (AvgIpc) is 3.49. The third kappa shape index (κ3) is 3.43. The monoisotopic (exact) mass is 488 g/mol. The molecule has 2 atom stereocenters. The Hall–Kier alpha value is -2.84. The lowest BCUT2D eigenvalue weighted by Gasteiger charge is -2.25. The number of hydrogen-bond donors (Lipinski definition) is 2. The van der Waals surface area contributed by atoms with Gasteiger partial charge in [0.1, 0.15) is 11.6 Å². The summed E-state index contributed by atoms with van der Waals surface area (Å²) in [6, 6.07) is 3.26. The third-order valence-corrected chi connectivity index (χ3v) is 7.34. The molecule has 0 unspecified atom stereocenters. The first-order chi connectivity index (χ1) is 15.7. The first kappa shape index (κ1) is 22.0. The van der Waals surface area contributed by atoms with Crippen molar-refractivity contribution >= 4 is 40.6 Å². The highest BCUT2D eigenvalue weighted by atomic mass is 35.5. The SMILES string of the molecule is CN(C)C(=O)c1c(N)ccc(-c2cnc3c(c2Cl)[C@@]2(CC[C@@H](n4cc(Cl)cn4)C2)CN3)c1F. The Kier molecular flexibility index (Phi) is 5.25. The van der Waals surface area contributed by atoms with E-state index < -0.39 is 11.7 Å². The molecule has 3 N–H and O–H groups in total. The van der Waals surface area contributed by atoms with Gasteiger partial charge in [-0.05, 0) is 31.4 Å². The molecule has 7 nitrogen and oxygen atoms in total. The van der Waals surface area contributed by atoms with Crippen LogP contribution in [0.15, 0.2) is 30.7 Å². The van der Waals surface area contributed by atoms with Crippen LogP contribution in [-0.4, -0.2) is 46.2 Å². The van der Waals surface area contributed by atoms with Gasteiger partial charge in [-0.15, -0.1) is 0 Å². The van der Waals surface area contributed by atoms with E-state index in [4.69, 9.17) is 28.9 Å². The Morgan fingerprint density at radius 2 is 2.09 bits per heavy atom. The second kappa shape index (κ2) is 7.88. The number of carbonyl (C=O) groups is 1. The summed E-state index contributed by atoms with van der Waals surface area (Å²) in [5.74, 6) is -0.497. The van der Waals surface area contributed by atoms with E-state index in [1.165, 1.54) is 11.0 Å². The van der Waals surface area contributed by atoms with Crippen LogP contribution in [-0.2, 0) is 5.41 Å². The van der Waals surface area contributed by atoms with Gasteiger partial charge < -0.3 is 16.0 Å². The van der Waals surface area contributed by atoms with E-state index >= 15 is 4.39 Å². The minimum Gasteiger partial charge on any atom is -0.398 e. The minimum absolute atomic E-state index is 0.0786. The molecule has 10 heteroatoms. The van der Waals surface area contributed by atoms with Crippen LogP contribution < -0.4 is 11.1 Å². The van der Waals surface area contributed by atoms with E-state index in [1.807, 2.05) is 10.9 Å². The quantitative estimate of drug-likeness (QED) is 0.518. The largest absolute Gasteiger partial charge is 0.398 e. The number of nitrogens with zero attached hydrogens (tertiary/aromatic N) is 4. The number of nitrogens with one attached hydrogen (secondary N) is 1. The highest BCUT2D eigenvalue weighted by molar-refractivity contribution is 6.34. The van der Waals surface area contributed by atoms with Crippen LogP contribution in [0.25, 0.3) is 11.1 Å². The Bertz CT molecular complexity index is 1280. The molecule has 1 aromatic carbocycles. The topological polar surface area (TPSA) is 89.1 Å². The third-order valence-electron chi connectivity index (χ3n) is 6.75. The van der Waals surface area contributed by atoms with Crippen LogP contribution in [0.4, 0.5) is 15.9 Å². The van der Waals surface area contributed by atoms with Crippen molar-refractivity contribution < 1.29 is 9.18 Å². The van der Waals surface area contributed by atoms with Crippen molar-refractivity contribution in [3.8, 4) is 11.1 Å². The van der Waals surface area contributed by atoms with Crippen molar-refractivity contribution in [3.63, 3.8) is 0 Å². The van der Waals surface area contributed by atoms with Crippen molar-refractivity contribution in [2.45, 2.75) is 30.7 Å².